The number of rotatable bonds is 10. The second-order valence-corrected chi connectivity index (χ2v) is 15.2. The number of carbonyl (C=O) groups excluding carboxylic acids is 1. The number of aromatic nitrogens is 1. The van der Waals surface area contributed by atoms with Crippen molar-refractivity contribution >= 4 is 91.2 Å². The van der Waals surface area contributed by atoms with E-state index in [2.05, 4.69) is 92.0 Å². The molecule has 0 saturated heterocycles. The number of nitrogens with zero attached hydrogens (tertiary/aromatic N) is 2. The van der Waals surface area contributed by atoms with E-state index in [-0.39, 0.29) is 18.3 Å². The molecule has 0 amide bonds. The molecule has 3 aromatic carbocycles. The zero-order valence-electron chi connectivity index (χ0n) is 25.7. The fourth-order valence-corrected chi connectivity index (χ4v) is 8.53. The molecule has 0 saturated carbocycles. The van der Waals surface area contributed by atoms with Crippen molar-refractivity contribution in [2.75, 3.05) is 13.7 Å². The number of ether oxygens (including phenoxy) is 4. The van der Waals surface area contributed by atoms with Crippen LogP contribution in [0.15, 0.2) is 75.7 Å². The van der Waals surface area contributed by atoms with Gasteiger partial charge in [0.05, 0.1) is 48.8 Å². The van der Waals surface area contributed by atoms with Crippen molar-refractivity contribution in [3.8, 4) is 17.2 Å². The second kappa shape index (κ2) is 15.2. The molecule has 0 bridgehead atoms. The van der Waals surface area contributed by atoms with Crippen LogP contribution in [0.1, 0.15) is 50.4 Å². The summed E-state index contributed by atoms with van der Waals surface area (Å²) in [6.07, 6.45) is 1.80. The fraction of sp³-hybridized carbons (Fsp3) is 0.265. The minimum Gasteiger partial charge on any atom is -0.493 e. The number of methoxy groups -OCH3 is 1. The highest BCUT2D eigenvalue weighted by Crippen LogP contribution is 2.37. The zero-order valence-corrected chi connectivity index (χ0v) is 33.0. The first-order chi connectivity index (χ1) is 22.0. The molecule has 1 aliphatic rings. The van der Waals surface area contributed by atoms with Crippen LogP contribution in [-0.4, -0.2) is 30.4 Å². The smallest absolute Gasteiger partial charge is 0.338 e. The van der Waals surface area contributed by atoms with Crippen molar-refractivity contribution in [2.45, 2.75) is 46.4 Å². The Labute approximate surface area is 311 Å². The Hall–Kier alpha value is -2.44. The van der Waals surface area contributed by atoms with Crippen LogP contribution >= 0.6 is 79.1 Å². The van der Waals surface area contributed by atoms with Crippen LogP contribution in [0.2, 0.25) is 0 Å². The maximum absolute atomic E-state index is 14.1. The predicted octanol–water partition coefficient (Wildman–Crippen LogP) is 6.99. The summed E-state index contributed by atoms with van der Waals surface area (Å²) >= 11 is 8.10. The van der Waals surface area contributed by atoms with E-state index in [0.29, 0.717) is 44.3 Å². The van der Waals surface area contributed by atoms with Gasteiger partial charge in [0.15, 0.2) is 16.3 Å². The van der Waals surface area contributed by atoms with Crippen molar-refractivity contribution in [3.05, 3.63) is 113 Å². The van der Waals surface area contributed by atoms with E-state index in [0.717, 1.165) is 24.0 Å². The van der Waals surface area contributed by atoms with Crippen LogP contribution in [-0.2, 0) is 16.1 Å². The van der Waals surface area contributed by atoms with Crippen LogP contribution in [0.3, 0.4) is 0 Å². The van der Waals surface area contributed by atoms with Gasteiger partial charge in [-0.25, -0.2) is 9.79 Å². The van der Waals surface area contributed by atoms with Gasteiger partial charge in [-0.05, 0) is 155 Å². The predicted molar refractivity (Wildman–Crippen MR) is 205 cm³/mol. The maximum Gasteiger partial charge on any atom is 0.338 e. The molecule has 8 nitrogen and oxygen atoms in total. The van der Waals surface area contributed by atoms with E-state index in [1.807, 2.05) is 38.1 Å². The van der Waals surface area contributed by atoms with Crippen molar-refractivity contribution in [3.63, 3.8) is 0 Å². The summed E-state index contributed by atoms with van der Waals surface area (Å²) in [6, 6.07) is 16.9. The average Bonchev–Trinajstić information content (AvgIpc) is 3.30. The van der Waals surface area contributed by atoms with E-state index in [1.165, 1.54) is 14.9 Å². The van der Waals surface area contributed by atoms with Crippen LogP contribution in [0.5, 0.6) is 17.2 Å². The van der Waals surface area contributed by atoms with E-state index in [9.17, 15) is 9.59 Å². The third-order valence-electron chi connectivity index (χ3n) is 7.00. The first-order valence-corrected chi connectivity index (χ1v) is 18.5. The molecule has 46 heavy (non-hydrogen) atoms. The minimum atomic E-state index is -0.767. The molecule has 0 N–H and O–H groups in total. The SMILES string of the molecule is CCOC(=O)C1=C(C)N=c2s/c(=C\c3cc(I)c(OCc4ccc(I)cc4)c(I)c3)c(=O)n2[C@H]1c1ccc(OC(C)C)c(OC)c1. The Bertz CT molecular complexity index is 1980. The number of allylic oxidation sites excluding steroid dienone is 1. The lowest BCUT2D eigenvalue weighted by Gasteiger charge is -2.25. The van der Waals surface area contributed by atoms with Crippen molar-refractivity contribution in [1.29, 1.82) is 0 Å². The number of hydrogen-bond donors (Lipinski definition) is 0. The number of hydrogen-bond acceptors (Lipinski definition) is 8. The molecule has 0 aliphatic carbocycles. The van der Waals surface area contributed by atoms with Gasteiger partial charge in [-0.2, -0.15) is 0 Å². The highest BCUT2D eigenvalue weighted by Gasteiger charge is 2.34. The Morgan fingerprint density at radius 1 is 1.04 bits per heavy atom. The van der Waals surface area contributed by atoms with Gasteiger partial charge in [-0.15, -0.1) is 0 Å². The lowest BCUT2D eigenvalue weighted by molar-refractivity contribution is -0.139. The molecule has 0 radical (unpaired) electrons. The maximum atomic E-state index is 14.1. The highest BCUT2D eigenvalue weighted by atomic mass is 127. The molecule has 1 atom stereocenters. The largest absolute Gasteiger partial charge is 0.493 e. The first-order valence-electron chi connectivity index (χ1n) is 14.4. The number of halogens is 3. The molecule has 1 aromatic heterocycles. The van der Waals surface area contributed by atoms with Gasteiger partial charge >= 0.3 is 5.97 Å². The molecule has 1 aliphatic heterocycles. The molecule has 5 rings (SSSR count). The number of fused-ring (bicyclic) bond motifs is 1. The average molecular weight is 976 g/mol. The Kier molecular flexibility index (Phi) is 11.5. The number of carbonyl (C=O) groups is 1. The van der Waals surface area contributed by atoms with E-state index < -0.39 is 12.0 Å². The van der Waals surface area contributed by atoms with Crippen molar-refractivity contribution in [2.24, 2.45) is 4.99 Å². The summed E-state index contributed by atoms with van der Waals surface area (Å²) in [4.78, 5) is 32.7. The molecular weight excluding hydrogens is 945 g/mol. The molecule has 0 fully saturated rings. The zero-order chi connectivity index (χ0) is 33.1. The molecule has 2 heterocycles. The van der Waals surface area contributed by atoms with Crippen LogP contribution in [0, 0.1) is 10.7 Å². The summed E-state index contributed by atoms with van der Waals surface area (Å²) in [5.74, 6) is 1.35. The van der Waals surface area contributed by atoms with Crippen molar-refractivity contribution < 1.29 is 23.7 Å². The van der Waals surface area contributed by atoms with Crippen LogP contribution in [0.4, 0.5) is 0 Å². The summed E-state index contributed by atoms with van der Waals surface area (Å²) < 4.78 is 28.3. The molecular formula is C34H31I3N2O6S. The lowest BCUT2D eigenvalue weighted by atomic mass is 9.95. The molecule has 4 aromatic rings. The molecule has 12 heteroatoms. The monoisotopic (exact) mass is 976 g/mol. The number of benzene rings is 3. The highest BCUT2D eigenvalue weighted by molar-refractivity contribution is 14.1. The Morgan fingerprint density at radius 2 is 1.74 bits per heavy atom. The van der Waals surface area contributed by atoms with Gasteiger partial charge in [0, 0.05) is 3.57 Å². The summed E-state index contributed by atoms with van der Waals surface area (Å²) in [6.45, 7) is 8.04. The fourth-order valence-electron chi connectivity index (χ4n) is 5.00. The van der Waals surface area contributed by atoms with Crippen LogP contribution < -0.4 is 29.1 Å². The van der Waals surface area contributed by atoms with Crippen LogP contribution in [0.25, 0.3) is 6.08 Å². The van der Waals surface area contributed by atoms with Gasteiger partial charge in [0.1, 0.15) is 12.4 Å². The topological polar surface area (TPSA) is 88.4 Å². The van der Waals surface area contributed by atoms with E-state index in [4.69, 9.17) is 23.9 Å². The van der Waals surface area contributed by atoms with Crippen molar-refractivity contribution in [1.82, 2.24) is 4.57 Å². The summed E-state index contributed by atoms with van der Waals surface area (Å²) in [5, 5.41) is 0. The summed E-state index contributed by atoms with van der Waals surface area (Å²) in [5.41, 5.74) is 3.17. The van der Waals surface area contributed by atoms with Gasteiger partial charge < -0.3 is 18.9 Å². The van der Waals surface area contributed by atoms with Gasteiger partial charge in [-0.3, -0.25) is 9.36 Å². The first kappa shape index (κ1) is 34.9. The standard InChI is InChI=1S/C34H31I3N2O6S/c1-6-43-33(41)29-19(4)38-34-39(30(29)22-9-12-26(45-18(2)3)27(16-22)42-5)32(40)28(46-34)15-21-13-24(36)31(25(37)14-21)44-17-20-7-10-23(35)11-8-20/h7-16,18,30H,6,17H2,1-5H3/b28-15-/t30-/m0/s1. The quantitative estimate of drug-likeness (QED) is 0.126. The molecule has 0 unspecified atom stereocenters. The Morgan fingerprint density at radius 3 is 2.37 bits per heavy atom. The third-order valence-corrected chi connectivity index (χ3v) is 10.3. The van der Waals surface area contributed by atoms with Gasteiger partial charge in [0.25, 0.3) is 5.56 Å². The lowest BCUT2D eigenvalue weighted by Crippen LogP contribution is -2.40. The van der Waals surface area contributed by atoms with E-state index >= 15 is 0 Å². The third kappa shape index (κ3) is 7.65. The molecule has 0 spiro atoms. The number of thiazole rings is 1. The Balaban J connectivity index is 1.57. The summed E-state index contributed by atoms with van der Waals surface area (Å²) in [7, 11) is 1.56. The minimum absolute atomic E-state index is 0.0608. The normalized spacial score (nSPS) is 14.6. The number of esters is 1. The van der Waals surface area contributed by atoms with Gasteiger partial charge in [0.2, 0.25) is 0 Å². The molecule has 240 valence electrons. The second-order valence-electron chi connectivity index (χ2n) is 10.6. The van der Waals surface area contributed by atoms with Gasteiger partial charge in [-0.1, -0.05) is 29.5 Å². The van der Waals surface area contributed by atoms with E-state index in [1.54, 1.807) is 37.7 Å².